The molecule has 2 fully saturated rings. The highest BCUT2D eigenvalue weighted by molar-refractivity contribution is 6.30. The van der Waals surface area contributed by atoms with Crippen LogP contribution in [0.15, 0.2) is 42.5 Å². The summed E-state index contributed by atoms with van der Waals surface area (Å²) in [6.45, 7) is 0.355. The van der Waals surface area contributed by atoms with E-state index >= 15 is 0 Å². The molecule has 2 unspecified atom stereocenters. The normalized spacial score (nSPS) is 22.3. The van der Waals surface area contributed by atoms with Crippen molar-refractivity contribution >= 4 is 29.1 Å². The van der Waals surface area contributed by atoms with E-state index < -0.39 is 0 Å². The number of halogens is 1. The molecule has 2 amide bonds. The Balaban J connectivity index is 1.36. The Morgan fingerprint density at radius 2 is 1.67 bits per heavy atom. The summed E-state index contributed by atoms with van der Waals surface area (Å²) in [5, 5.41) is 6.79. The van der Waals surface area contributed by atoms with Crippen LogP contribution in [0, 0.1) is 0 Å². The predicted octanol–water partition coefficient (Wildman–Crippen LogP) is 4.11. The lowest BCUT2D eigenvalue weighted by molar-refractivity contribution is -0.120. The number of benzene rings is 2. The number of rotatable bonds is 7. The number of fused-ring (bicyclic) bond motifs is 2. The molecule has 2 aromatic carbocycles. The van der Waals surface area contributed by atoms with Crippen molar-refractivity contribution in [2.75, 3.05) is 26.1 Å². The number of ether oxygens (including phenoxy) is 2. The first-order valence-electron chi connectivity index (χ1n) is 11.3. The van der Waals surface area contributed by atoms with Crippen LogP contribution < -0.4 is 20.1 Å². The van der Waals surface area contributed by atoms with Crippen LogP contribution in [0.4, 0.5) is 5.69 Å². The second kappa shape index (κ2) is 10.4. The number of methoxy groups -OCH3 is 2. The van der Waals surface area contributed by atoms with Crippen LogP contribution in [0.1, 0.15) is 42.5 Å². The molecular formula is C25H30ClN3O4. The van der Waals surface area contributed by atoms with Gasteiger partial charge in [-0.2, -0.15) is 0 Å². The third-order valence-electron chi connectivity index (χ3n) is 6.56. The molecule has 2 aliphatic rings. The zero-order valence-electron chi connectivity index (χ0n) is 19.0. The van der Waals surface area contributed by atoms with Gasteiger partial charge in [-0.3, -0.25) is 14.5 Å². The minimum absolute atomic E-state index is 0.0259. The summed E-state index contributed by atoms with van der Waals surface area (Å²) in [5.41, 5.74) is 1.29. The number of hydrogen-bond donors (Lipinski definition) is 2. The van der Waals surface area contributed by atoms with Crippen LogP contribution >= 0.6 is 11.6 Å². The van der Waals surface area contributed by atoms with Crippen molar-refractivity contribution < 1.29 is 19.1 Å². The number of nitrogens with zero attached hydrogens (tertiary/aromatic N) is 1. The van der Waals surface area contributed by atoms with Crippen molar-refractivity contribution in [1.29, 1.82) is 0 Å². The molecule has 2 bridgehead atoms. The summed E-state index contributed by atoms with van der Waals surface area (Å²) in [7, 11) is 3.12. The zero-order chi connectivity index (χ0) is 23.4. The number of carbonyl (C=O) groups is 2. The van der Waals surface area contributed by atoms with E-state index in [1.165, 1.54) is 0 Å². The number of carbonyl (C=O) groups excluding carboxylic acids is 2. The molecule has 33 heavy (non-hydrogen) atoms. The van der Waals surface area contributed by atoms with E-state index in [-0.39, 0.29) is 29.9 Å². The molecule has 2 aromatic rings. The minimum atomic E-state index is -0.118. The Kier molecular flexibility index (Phi) is 7.40. The number of amides is 2. The average Bonchev–Trinajstić information content (AvgIpc) is 2.80. The summed E-state index contributed by atoms with van der Waals surface area (Å²) in [4.78, 5) is 27.9. The SMILES string of the molecule is COc1ccc(C(=O)NC2CC3CCCC(C2)N3CC(=O)Nc2ccc(Cl)cc2)cc1OC. The standard InChI is InChI=1S/C25H30ClN3O4/c1-32-22-11-6-16(12-23(22)33-2)25(31)28-19-13-20-4-3-5-21(14-19)29(20)15-24(30)27-18-9-7-17(26)8-10-18/h6-12,19-21H,3-5,13-15H2,1-2H3,(H,27,30)(H,28,31). The quantitative estimate of drug-likeness (QED) is 0.635. The Bertz CT molecular complexity index is 984. The van der Waals surface area contributed by atoms with Gasteiger partial charge in [0.15, 0.2) is 11.5 Å². The first-order valence-corrected chi connectivity index (χ1v) is 11.7. The summed E-state index contributed by atoms with van der Waals surface area (Å²) in [5.74, 6) is 0.979. The van der Waals surface area contributed by atoms with E-state index in [2.05, 4.69) is 15.5 Å². The van der Waals surface area contributed by atoms with Crippen LogP contribution in [-0.4, -0.2) is 55.6 Å². The maximum absolute atomic E-state index is 12.9. The van der Waals surface area contributed by atoms with Crippen LogP contribution in [-0.2, 0) is 4.79 Å². The molecule has 176 valence electrons. The number of anilines is 1. The van der Waals surface area contributed by atoms with Crippen LogP contribution in [0.3, 0.4) is 0 Å². The monoisotopic (exact) mass is 471 g/mol. The topological polar surface area (TPSA) is 79.9 Å². The average molecular weight is 472 g/mol. The van der Waals surface area contributed by atoms with Crippen LogP contribution in [0.5, 0.6) is 11.5 Å². The molecule has 0 saturated carbocycles. The molecule has 2 aliphatic heterocycles. The highest BCUT2D eigenvalue weighted by atomic mass is 35.5. The van der Waals surface area contributed by atoms with Gasteiger partial charge in [0.1, 0.15) is 0 Å². The molecule has 2 heterocycles. The lowest BCUT2D eigenvalue weighted by Crippen LogP contribution is -2.58. The van der Waals surface area contributed by atoms with Gasteiger partial charge in [-0.1, -0.05) is 18.0 Å². The third-order valence-corrected chi connectivity index (χ3v) is 6.81. The smallest absolute Gasteiger partial charge is 0.251 e. The Labute approximate surface area is 199 Å². The Hall–Kier alpha value is -2.77. The van der Waals surface area contributed by atoms with Crippen molar-refractivity contribution in [2.24, 2.45) is 0 Å². The summed E-state index contributed by atoms with van der Waals surface area (Å²) in [6, 6.07) is 13.0. The predicted molar refractivity (Wildman–Crippen MR) is 128 cm³/mol. The molecule has 8 heteroatoms. The van der Waals surface area contributed by atoms with Gasteiger partial charge in [0.05, 0.1) is 20.8 Å². The van der Waals surface area contributed by atoms with E-state index in [9.17, 15) is 9.59 Å². The van der Waals surface area contributed by atoms with Gasteiger partial charge in [-0.05, 0) is 68.1 Å². The third kappa shape index (κ3) is 5.60. The van der Waals surface area contributed by atoms with Crippen molar-refractivity contribution in [1.82, 2.24) is 10.2 Å². The molecule has 2 atom stereocenters. The second-order valence-corrected chi connectivity index (χ2v) is 9.11. The number of nitrogens with one attached hydrogen (secondary N) is 2. The van der Waals surface area contributed by atoms with Gasteiger partial charge in [0.25, 0.3) is 5.91 Å². The molecule has 0 spiro atoms. The molecule has 0 aromatic heterocycles. The van der Waals surface area contributed by atoms with Crippen molar-refractivity contribution in [3.05, 3.63) is 53.1 Å². The van der Waals surface area contributed by atoms with Crippen LogP contribution in [0.2, 0.25) is 5.02 Å². The highest BCUT2D eigenvalue weighted by Gasteiger charge is 2.39. The first-order chi connectivity index (χ1) is 16.0. The van der Waals surface area contributed by atoms with Gasteiger partial charge in [-0.15, -0.1) is 0 Å². The maximum atomic E-state index is 12.9. The summed E-state index contributed by atoms with van der Waals surface area (Å²) in [6.07, 6.45) is 4.90. The lowest BCUT2D eigenvalue weighted by atomic mass is 9.81. The van der Waals surface area contributed by atoms with Gasteiger partial charge in [0.2, 0.25) is 5.91 Å². The molecule has 4 rings (SSSR count). The van der Waals surface area contributed by atoms with Gasteiger partial charge >= 0.3 is 0 Å². The minimum Gasteiger partial charge on any atom is -0.493 e. The van der Waals surface area contributed by atoms with Crippen molar-refractivity contribution in [3.8, 4) is 11.5 Å². The zero-order valence-corrected chi connectivity index (χ0v) is 19.7. The number of hydrogen-bond acceptors (Lipinski definition) is 5. The van der Waals surface area contributed by atoms with Crippen molar-refractivity contribution in [3.63, 3.8) is 0 Å². The molecule has 0 radical (unpaired) electrons. The fourth-order valence-corrected chi connectivity index (χ4v) is 5.13. The van der Waals surface area contributed by atoms with E-state index in [1.807, 2.05) is 0 Å². The van der Waals surface area contributed by atoms with Crippen LogP contribution in [0.25, 0.3) is 0 Å². The van der Waals surface area contributed by atoms with Crippen molar-refractivity contribution in [2.45, 2.75) is 50.2 Å². The first kappa shape index (κ1) is 23.4. The van der Waals surface area contributed by atoms with Gasteiger partial charge < -0.3 is 20.1 Å². The Morgan fingerprint density at radius 1 is 1.00 bits per heavy atom. The fourth-order valence-electron chi connectivity index (χ4n) is 5.00. The largest absolute Gasteiger partial charge is 0.493 e. The van der Waals surface area contributed by atoms with E-state index in [0.717, 1.165) is 37.8 Å². The highest BCUT2D eigenvalue weighted by Crippen LogP contribution is 2.34. The molecule has 7 nitrogen and oxygen atoms in total. The summed E-state index contributed by atoms with van der Waals surface area (Å²) < 4.78 is 10.6. The fraction of sp³-hybridized carbons (Fsp3) is 0.440. The van der Waals surface area contributed by atoms with Gasteiger partial charge in [-0.25, -0.2) is 0 Å². The maximum Gasteiger partial charge on any atom is 0.251 e. The van der Waals surface area contributed by atoms with E-state index in [0.29, 0.717) is 28.6 Å². The molecule has 2 saturated heterocycles. The Morgan fingerprint density at radius 3 is 2.30 bits per heavy atom. The molecular weight excluding hydrogens is 442 g/mol. The lowest BCUT2D eigenvalue weighted by Gasteiger charge is -2.48. The molecule has 2 N–H and O–H groups in total. The second-order valence-electron chi connectivity index (χ2n) is 8.68. The molecule has 0 aliphatic carbocycles. The summed E-state index contributed by atoms with van der Waals surface area (Å²) >= 11 is 5.92. The van der Waals surface area contributed by atoms with E-state index in [4.69, 9.17) is 21.1 Å². The number of piperidine rings is 2. The van der Waals surface area contributed by atoms with Gasteiger partial charge in [0, 0.05) is 34.4 Å². The van der Waals surface area contributed by atoms with E-state index in [1.54, 1.807) is 56.7 Å².